The van der Waals surface area contributed by atoms with E-state index in [1.807, 2.05) is 0 Å². The molecule has 0 heterocycles. The van der Waals surface area contributed by atoms with Crippen molar-refractivity contribution in [1.82, 2.24) is 0 Å². The lowest BCUT2D eigenvalue weighted by Crippen LogP contribution is -2.43. The molecule has 3 aromatic carbocycles. The van der Waals surface area contributed by atoms with Gasteiger partial charge in [0.25, 0.3) is 0 Å². The highest BCUT2D eigenvalue weighted by Crippen LogP contribution is 2.37. The molecule has 0 amide bonds. The van der Waals surface area contributed by atoms with E-state index in [0.29, 0.717) is 10.0 Å². The second-order valence-corrected chi connectivity index (χ2v) is 6.75. The third-order valence-corrected chi connectivity index (χ3v) is 4.73. The Hall–Kier alpha value is -2.20. The highest BCUT2D eigenvalue weighted by molar-refractivity contribution is 6.30. The summed E-state index contributed by atoms with van der Waals surface area (Å²) in [6.07, 6.45) is -2.22. The minimum Gasteiger partial charge on any atom is -0.377 e. The van der Waals surface area contributed by atoms with Crippen molar-refractivity contribution in [3.63, 3.8) is 0 Å². The molecule has 0 fully saturated rings. The van der Waals surface area contributed by atoms with Gasteiger partial charge in [-0.25, -0.2) is 4.39 Å². The average molecular weight is 389 g/mol. The number of rotatable bonds is 5. The number of carbonyl (C=O) groups is 1. The second-order valence-electron chi connectivity index (χ2n) is 5.87. The van der Waals surface area contributed by atoms with Crippen molar-refractivity contribution in [3.05, 3.63) is 106 Å². The van der Waals surface area contributed by atoms with Crippen LogP contribution >= 0.6 is 23.2 Å². The number of benzene rings is 3. The third-order valence-electron chi connectivity index (χ3n) is 4.22. The first-order chi connectivity index (χ1) is 12.4. The van der Waals surface area contributed by atoms with Gasteiger partial charge in [0.05, 0.1) is 0 Å². The quantitative estimate of drug-likeness (QED) is 0.590. The van der Waals surface area contributed by atoms with Crippen molar-refractivity contribution < 1.29 is 14.3 Å². The van der Waals surface area contributed by atoms with Crippen LogP contribution in [-0.2, 0) is 5.60 Å². The van der Waals surface area contributed by atoms with Gasteiger partial charge in [-0.2, -0.15) is 0 Å². The van der Waals surface area contributed by atoms with Crippen LogP contribution in [0.4, 0.5) is 4.39 Å². The van der Waals surface area contributed by atoms with E-state index in [0.717, 1.165) is 0 Å². The molecule has 2 nitrogen and oxygen atoms in total. The van der Waals surface area contributed by atoms with E-state index in [-0.39, 0.29) is 16.7 Å². The molecule has 5 heteroatoms. The van der Waals surface area contributed by atoms with E-state index in [4.69, 9.17) is 23.2 Å². The standard InChI is InChI=1S/C21H15Cl2FO2/c22-17-10-6-15(7-11-17)21(26,16-8-12-18(23)13-9-16)20(24)19(25)14-4-2-1-3-5-14/h1-13,20,26H. The number of aliphatic hydroxyl groups is 1. The molecular weight excluding hydrogens is 374 g/mol. The molecule has 0 aromatic heterocycles. The van der Waals surface area contributed by atoms with Crippen LogP contribution in [0.3, 0.4) is 0 Å². The summed E-state index contributed by atoms with van der Waals surface area (Å²) in [6.45, 7) is 0. The van der Waals surface area contributed by atoms with Gasteiger partial charge in [-0.05, 0) is 35.4 Å². The fourth-order valence-electron chi connectivity index (χ4n) is 2.81. The van der Waals surface area contributed by atoms with Gasteiger partial charge in [-0.15, -0.1) is 0 Å². The third kappa shape index (κ3) is 3.51. The Kier molecular flexibility index (Phi) is 5.42. The summed E-state index contributed by atoms with van der Waals surface area (Å²) in [5, 5.41) is 12.2. The van der Waals surface area contributed by atoms with Crippen LogP contribution in [0.5, 0.6) is 0 Å². The van der Waals surface area contributed by atoms with Gasteiger partial charge in [0.1, 0.15) is 0 Å². The predicted octanol–water partition coefficient (Wildman–Crippen LogP) is 5.45. The minimum atomic E-state index is -2.22. The number of carbonyl (C=O) groups excluding carboxylic acids is 1. The van der Waals surface area contributed by atoms with E-state index in [2.05, 4.69) is 0 Å². The van der Waals surface area contributed by atoms with Crippen LogP contribution in [-0.4, -0.2) is 17.1 Å². The number of alkyl halides is 1. The summed E-state index contributed by atoms with van der Waals surface area (Å²) in [7, 11) is 0. The zero-order chi connectivity index (χ0) is 18.7. The molecule has 1 unspecified atom stereocenters. The van der Waals surface area contributed by atoms with Crippen LogP contribution in [0, 0.1) is 0 Å². The maximum absolute atomic E-state index is 15.4. The number of hydrogen-bond acceptors (Lipinski definition) is 2. The van der Waals surface area contributed by atoms with Crippen molar-refractivity contribution >= 4 is 29.0 Å². The van der Waals surface area contributed by atoms with Gasteiger partial charge in [0.15, 0.2) is 11.8 Å². The summed E-state index contributed by atoms with van der Waals surface area (Å²) in [5.74, 6) is -0.807. The number of Topliss-reactive ketones (excluding diaryl/α,β-unsaturated/α-hetero) is 1. The predicted molar refractivity (Wildman–Crippen MR) is 102 cm³/mol. The van der Waals surface area contributed by atoms with Gasteiger partial charge in [0, 0.05) is 15.6 Å². The molecule has 0 saturated carbocycles. The number of hydrogen-bond donors (Lipinski definition) is 1. The molecule has 0 spiro atoms. The summed E-state index contributed by atoms with van der Waals surface area (Å²) in [4.78, 5) is 12.7. The smallest absolute Gasteiger partial charge is 0.200 e. The Bertz CT molecular complexity index is 848. The van der Waals surface area contributed by atoms with E-state index in [9.17, 15) is 9.90 Å². The summed E-state index contributed by atoms with van der Waals surface area (Å²) >= 11 is 11.8. The number of ketones is 1. The molecular formula is C21H15Cl2FO2. The van der Waals surface area contributed by atoms with Crippen molar-refractivity contribution in [3.8, 4) is 0 Å². The van der Waals surface area contributed by atoms with Crippen LogP contribution < -0.4 is 0 Å². The van der Waals surface area contributed by atoms with Crippen LogP contribution in [0.15, 0.2) is 78.9 Å². The van der Waals surface area contributed by atoms with Gasteiger partial charge in [0.2, 0.25) is 5.78 Å². The van der Waals surface area contributed by atoms with Gasteiger partial charge in [-0.1, -0.05) is 77.8 Å². The fourth-order valence-corrected chi connectivity index (χ4v) is 3.06. The molecule has 1 atom stereocenters. The fraction of sp³-hybridized carbons (Fsp3) is 0.0952. The van der Waals surface area contributed by atoms with Crippen LogP contribution in [0.25, 0.3) is 0 Å². The Labute approximate surface area is 160 Å². The second kappa shape index (κ2) is 7.58. The maximum atomic E-state index is 15.4. The summed E-state index contributed by atoms with van der Waals surface area (Å²) in [5.41, 5.74) is -1.55. The number of halogens is 3. The van der Waals surface area contributed by atoms with Crippen molar-refractivity contribution in [2.45, 2.75) is 11.8 Å². The zero-order valence-corrected chi connectivity index (χ0v) is 15.1. The van der Waals surface area contributed by atoms with E-state index < -0.39 is 17.6 Å². The van der Waals surface area contributed by atoms with Gasteiger partial charge >= 0.3 is 0 Å². The first-order valence-corrected chi connectivity index (χ1v) is 8.66. The van der Waals surface area contributed by atoms with Crippen molar-refractivity contribution in [1.29, 1.82) is 0 Å². The Morgan fingerprint density at radius 1 is 0.808 bits per heavy atom. The Balaban J connectivity index is 2.12. The minimum absolute atomic E-state index is 0.182. The van der Waals surface area contributed by atoms with E-state index in [1.165, 1.54) is 60.7 Å². The lowest BCUT2D eigenvalue weighted by atomic mass is 9.80. The highest BCUT2D eigenvalue weighted by Gasteiger charge is 2.45. The Morgan fingerprint density at radius 3 is 1.65 bits per heavy atom. The SMILES string of the molecule is O=C(c1ccccc1)C(F)C(O)(c1ccc(Cl)cc1)c1ccc(Cl)cc1. The first-order valence-electron chi connectivity index (χ1n) is 7.90. The Morgan fingerprint density at radius 2 is 1.23 bits per heavy atom. The molecule has 0 saturated heterocycles. The highest BCUT2D eigenvalue weighted by atomic mass is 35.5. The molecule has 0 aliphatic heterocycles. The summed E-state index contributed by atoms with van der Waals surface area (Å²) in [6, 6.07) is 20.2. The summed E-state index contributed by atoms with van der Waals surface area (Å²) < 4.78 is 15.4. The van der Waals surface area contributed by atoms with E-state index >= 15 is 4.39 Å². The molecule has 26 heavy (non-hydrogen) atoms. The normalized spacial score (nSPS) is 12.6. The molecule has 3 rings (SSSR count). The average Bonchev–Trinajstić information content (AvgIpc) is 2.68. The first kappa shape index (κ1) is 18.6. The molecule has 0 bridgehead atoms. The maximum Gasteiger partial charge on any atom is 0.200 e. The lowest BCUT2D eigenvalue weighted by Gasteiger charge is -2.32. The van der Waals surface area contributed by atoms with Crippen molar-refractivity contribution in [2.75, 3.05) is 0 Å². The lowest BCUT2D eigenvalue weighted by molar-refractivity contribution is 0.00253. The zero-order valence-electron chi connectivity index (χ0n) is 13.6. The molecule has 3 aromatic rings. The van der Waals surface area contributed by atoms with E-state index in [1.54, 1.807) is 18.2 Å². The molecule has 132 valence electrons. The monoisotopic (exact) mass is 388 g/mol. The molecule has 0 radical (unpaired) electrons. The van der Waals surface area contributed by atoms with Crippen LogP contribution in [0.2, 0.25) is 10.0 Å². The van der Waals surface area contributed by atoms with Crippen molar-refractivity contribution in [2.24, 2.45) is 0 Å². The van der Waals surface area contributed by atoms with Crippen LogP contribution in [0.1, 0.15) is 21.5 Å². The topological polar surface area (TPSA) is 37.3 Å². The van der Waals surface area contributed by atoms with Gasteiger partial charge < -0.3 is 5.11 Å². The largest absolute Gasteiger partial charge is 0.377 e. The molecule has 0 aliphatic rings. The molecule has 0 aliphatic carbocycles. The molecule has 1 N–H and O–H groups in total. The van der Waals surface area contributed by atoms with Gasteiger partial charge in [-0.3, -0.25) is 4.79 Å².